The molecular formula is C11H19BrN2. The molecule has 1 heterocycles. The fraction of sp³-hybridized carbons (Fsp3) is 0.727. The van der Waals surface area contributed by atoms with Gasteiger partial charge in [-0.15, -0.1) is 0 Å². The maximum Gasteiger partial charge on any atom is 0.0596 e. The van der Waals surface area contributed by atoms with Crippen molar-refractivity contribution in [3.05, 3.63) is 17.5 Å². The Kier molecular flexibility index (Phi) is 3.76. The Hall–Kier alpha value is -0.310. The lowest BCUT2D eigenvalue weighted by atomic mass is 9.85. The molecule has 0 amide bonds. The predicted molar refractivity (Wildman–Crippen MR) is 63.8 cm³/mol. The molecule has 2 nitrogen and oxygen atoms in total. The Labute approximate surface area is 94.8 Å². The molecule has 1 atom stereocenters. The molecule has 80 valence electrons. The molecule has 0 aliphatic rings. The Morgan fingerprint density at radius 2 is 2.21 bits per heavy atom. The minimum Gasteiger partial charge on any atom is -0.272 e. The highest BCUT2D eigenvalue weighted by atomic mass is 79.9. The molecule has 0 aliphatic carbocycles. The molecular weight excluding hydrogens is 240 g/mol. The molecule has 0 spiro atoms. The zero-order chi connectivity index (χ0) is 10.8. The van der Waals surface area contributed by atoms with E-state index in [0.717, 1.165) is 17.4 Å². The van der Waals surface area contributed by atoms with Crippen molar-refractivity contribution in [3.63, 3.8) is 0 Å². The van der Waals surface area contributed by atoms with Gasteiger partial charge in [-0.2, -0.15) is 5.10 Å². The van der Waals surface area contributed by atoms with Gasteiger partial charge in [-0.1, -0.05) is 29.8 Å². The Bertz CT molecular complexity index is 300. The summed E-state index contributed by atoms with van der Waals surface area (Å²) in [6, 6.07) is 2.18. The summed E-state index contributed by atoms with van der Waals surface area (Å²) in [4.78, 5) is 0. The van der Waals surface area contributed by atoms with Gasteiger partial charge < -0.3 is 0 Å². The largest absolute Gasteiger partial charge is 0.272 e. The van der Waals surface area contributed by atoms with Gasteiger partial charge >= 0.3 is 0 Å². The first-order chi connectivity index (χ1) is 6.50. The minimum atomic E-state index is 0.347. The van der Waals surface area contributed by atoms with Gasteiger partial charge in [-0.25, -0.2) is 0 Å². The van der Waals surface area contributed by atoms with E-state index < -0.39 is 0 Å². The Morgan fingerprint density at radius 3 is 2.57 bits per heavy atom. The number of hydrogen-bond donors (Lipinski definition) is 0. The Balaban J connectivity index is 2.81. The summed E-state index contributed by atoms with van der Waals surface area (Å²) < 4.78 is 1.99. The molecule has 0 radical (unpaired) electrons. The van der Waals surface area contributed by atoms with Gasteiger partial charge in [0, 0.05) is 18.1 Å². The van der Waals surface area contributed by atoms with Crippen LogP contribution >= 0.6 is 15.9 Å². The highest BCUT2D eigenvalue weighted by Gasteiger charge is 2.22. The van der Waals surface area contributed by atoms with E-state index in [1.165, 1.54) is 12.1 Å². The van der Waals surface area contributed by atoms with Crippen LogP contribution in [0.4, 0.5) is 0 Å². The van der Waals surface area contributed by atoms with Crippen LogP contribution in [0, 0.1) is 12.3 Å². The summed E-state index contributed by atoms with van der Waals surface area (Å²) in [5.41, 5.74) is 2.78. The second kappa shape index (κ2) is 4.47. The zero-order valence-corrected chi connectivity index (χ0v) is 11.1. The van der Waals surface area contributed by atoms with Crippen LogP contribution < -0.4 is 0 Å². The van der Waals surface area contributed by atoms with Gasteiger partial charge in [0.2, 0.25) is 0 Å². The van der Waals surface area contributed by atoms with E-state index in [-0.39, 0.29) is 0 Å². The van der Waals surface area contributed by atoms with Crippen LogP contribution in [0.25, 0.3) is 0 Å². The van der Waals surface area contributed by atoms with E-state index in [2.05, 4.69) is 40.9 Å². The first kappa shape index (κ1) is 11.8. The van der Waals surface area contributed by atoms with Crippen molar-refractivity contribution in [3.8, 4) is 0 Å². The first-order valence-corrected chi connectivity index (χ1v) is 6.18. The Morgan fingerprint density at radius 1 is 1.57 bits per heavy atom. The third-order valence-electron chi connectivity index (χ3n) is 2.88. The van der Waals surface area contributed by atoms with Gasteiger partial charge in [0.1, 0.15) is 0 Å². The van der Waals surface area contributed by atoms with Crippen LogP contribution in [0.3, 0.4) is 0 Å². The summed E-state index contributed by atoms with van der Waals surface area (Å²) in [6.07, 6.45) is 2.27. The van der Waals surface area contributed by atoms with Gasteiger partial charge in [-0.3, -0.25) is 4.68 Å². The number of hydrogen-bond acceptors (Lipinski definition) is 1. The summed E-state index contributed by atoms with van der Waals surface area (Å²) in [7, 11) is 2.02. The lowest BCUT2D eigenvalue weighted by molar-refractivity contribution is 0.351. The highest BCUT2D eigenvalue weighted by molar-refractivity contribution is 9.09. The summed E-state index contributed by atoms with van der Waals surface area (Å²) in [5.74, 6) is 0. The number of rotatable bonds is 4. The monoisotopic (exact) mass is 258 g/mol. The lowest BCUT2D eigenvalue weighted by Gasteiger charge is -2.25. The van der Waals surface area contributed by atoms with Gasteiger partial charge in [0.25, 0.3) is 0 Å². The number of halogens is 1. The molecule has 0 aliphatic heterocycles. The third-order valence-corrected chi connectivity index (χ3v) is 4.24. The van der Waals surface area contributed by atoms with Crippen LogP contribution in [0.15, 0.2) is 6.07 Å². The molecule has 14 heavy (non-hydrogen) atoms. The van der Waals surface area contributed by atoms with E-state index >= 15 is 0 Å². The molecule has 0 N–H and O–H groups in total. The van der Waals surface area contributed by atoms with Crippen LogP contribution in [-0.2, 0) is 13.5 Å². The van der Waals surface area contributed by atoms with Crippen molar-refractivity contribution in [1.29, 1.82) is 0 Å². The van der Waals surface area contributed by atoms with Crippen LogP contribution in [0.2, 0.25) is 0 Å². The van der Waals surface area contributed by atoms with E-state index in [0.29, 0.717) is 5.41 Å². The molecule has 0 saturated heterocycles. The smallest absolute Gasteiger partial charge is 0.0596 e. The number of aryl methyl sites for hydroxylation is 2. The maximum absolute atomic E-state index is 4.37. The average molecular weight is 259 g/mol. The van der Waals surface area contributed by atoms with Gasteiger partial charge in [0.15, 0.2) is 0 Å². The van der Waals surface area contributed by atoms with Gasteiger partial charge in [0.05, 0.1) is 5.69 Å². The van der Waals surface area contributed by atoms with E-state index in [4.69, 9.17) is 0 Å². The summed E-state index contributed by atoms with van der Waals surface area (Å²) in [6.45, 7) is 6.59. The second-order valence-electron chi connectivity index (χ2n) is 4.38. The molecule has 1 aromatic heterocycles. The minimum absolute atomic E-state index is 0.347. The topological polar surface area (TPSA) is 17.8 Å². The van der Waals surface area contributed by atoms with Crippen molar-refractivity contribution >= 4 is 15.9 Å². The maximum atomic E-state index is 4.37. The average Bonchev–Trinajstić information content (AvgIpc) is 2.45. The summed E-state index contributed by atoms with van der Waals surface area (Å²) >= 11 is 3.59. The molecule has 0 fully saturated rings. The fourth-order valence-electron chi connectivity index (χ4n) is 1.53. The third kappa shape index (κ3) is 2.59. The number of alkyl halides is 1. The molecule has 0 saturated carbocycles. The fourth-order valence-corrected chi connectivity index (χ4v) is 2.13. The molecule has 3 heteroatoms. The van der Waals surface area contributed by atoms with Crippen molar-refractivity contribution in [1.82, 2.24) is 9.78 Å². The molecule has 0 bridgehead atoms. The van der Waals surface area contributed by atoms with E-state index in [1.807, 2.05) is 18.7 Å². The normalized spacial score (nSPS) is 15.5. The predicted octanol–water partition coefficient (Wildman–Crippen LogP) is 3.08. The van der Waals surface area contributed by atoms with Crippen molar-refractivity contribution < 1.29 is 0 Å². The van der Waals surface area contributed by atoms with E-state index in [1.54, 1.807) is 0 Å². The summed E-state index contributed by atoms with van der Waals surface area (Å²) in [5, 5.41) is 5.41. The zero-order valence-electron chi connectivity index (χ0n) is 9.47. The van der Waals surface area contributed by atoms with E-state index in [9.17, 15) is 0 Å². The second-order valence-corrected chi connectivity index (χ2v) is 4.94. The van der Waals surface area contributed by atoms with Crippen LogP contribution in [0.1, 0.15) is 31.7 Å². The standard InChI is InChI=1S/C11H19BrN2/c1-5-11(3,8-12)7-10-6-9(2)13-14(10)4/h6H,5,7-8H2,1-4H3. The van der Waals surface area contributed by atoms with Gasteiger partial charge in [-0.05, 0) is 31.2 Å². The van der Waals surface area contributed by atoms with Crippen molar-refractivity contribution in [2.75, 3.05) is 5.33 Å². The lowest BCUT2D eigenvalue weighted by Crippen LogP contribution is -2.21. The van der Waals surface area contributed by atoms with Crippen molar-refractivity contribution in [2.24, 2.45) is 12.5 Å². The quantitative estimate of drug-likeness (QED) is 0.760. The number of nitrogens with zero attached hydrogens (tertiary/aromatic N) is 2. The highest BCUT2D eigenvalue weighted by Crippen LogP contribution is 2.28. The van der Waals surface area contributed by atoms with Crippen LogP contribution in [-0.4, -0.2) is 15.1 Å². The molecule has 1 aromatic rings. The SMILES string of the molecule is CCC(C)(CBr)Cc1cc(C)nn1C. The number of aromatic nitrogens is 2. The molecule has 0 aromatic carbocycles. The molecule has 1 rings (SSSR count). The van der Waals surface area contributed by atoms with Crippen molar-refractivity contribution in [2.45, 2.75) is 33.6 Å². The van der Waals surface area contributed by atoms with Crippen LogP contribution in [0.5, 0.6) is 0 Å². The first-order valence-electron chi connectivity index (χ1n) is 5.06. The molecule has 1 unspecified atom stereocenters.